The molecule has 54 heavy (non-hydrogen) atoms. The minimum atomic E-state index is -2.51. The van der Waals surface area contributed by atoms with E-state index in [2.05, 4.69) is 54.1 Å². The molecule has 1 spiro atoms. The third-order valence-corrected chi connectivity index (χ3v) is 17.3. The number of anilines is 2. The Balaban J connectivity index is 1.18. The Morgan fingerprint density at radius 1 is 1.00 bits per heavy atom. The maximum atomic E-state index is 15.3. The first-order valence-electron chi connectivity index (χ1n) is 18.8. The molecule has 4 aromatic rings. The number of methoxy groups -OCH3 is 1. The van der Waals surface area contributed by atoms with Crippen molar-refractivity contribution in [3.63, 3.8) is 0 Å². The normalized spacial score (nSPS) is 24.8. The number of β-lactam (4-membered cyclic amide) rings is 1. The number of hydrogen-bond donors (Lipinski definition) is 1. The molecule has 0 radical (unpaired) electrons. The molecule has 4 aliphatic heterocycles. The quantitative estimate of drug-likeness (QED) is 0.158. The molecule has 1 N–H and O–H groups in total. The van der Waals surface area contributed by atoms with Gasteiger partial charge in [-0.05, 0) is 71.1 Å². The molecule has 4 aromatic carbocycles. The zero-order chi connectivity index (χ0) is 37.9. The highest BCUT2D eigenvalue weighted by molar-refractivity contribution is 9.10. The van der Waals surface area contributed by atoms with E-state index in [-0.39, 0.29) is 48.3 Å². The molecule has 9 nitrogen and oxygen atoms in total. The van der Waals surface area contributed by atoms with Crippen LogP contribution in [0.25, 0.3) is 0 Å². The summed E-state index contributed by atoms with van der Waals surface area (Å²) < 4.78 is 13.6. The summed E-state index contributed by atoms with van der Waals surface area (Å²) in [4.78, 5) is 47.5. The van der Waals surface area contributed by atoms with E-state index in [1.165, 1.54) is 5.19 Å². The van der Waals surface area contributed by atoms with Gasteiger partial charge in [0.1, 0.15) is 5.75 Å². The lowest BCUT2D eigenvalue weighted by Gasteiger charge is -2.39. The first-order chi connectivity index (χ1) is 26.0. The molecule has 0 saturated carbocycles. The summed E-state index contributed by atoms with van der Waals surface area (Å²) in [5.74, 6) is 0.349. The predicted molar refractivity (Wildman–Crippen MR) is 215 cm³/mol. The Morgan fingerprint density at radius 2 is 1.76 bits per heavy atom. The zero-order valence-corrected chi connectivity index (χ0v) is 33.7. The molecule has 2 saturated heterocycles. The Hall–Kier alpha value is -4.29. The van der Waals surface area contributed by atoms with Crippen molar-refractivity contribution in [2.75, 3.05) is 30.1 Å². The van der Waals surface area contributed by atoms with Crippen molar-refractivity contribution in [3.05, 3.63) is 118 Å². The van der Waals surface area contributed by atoms with E-state index in [0.717, 1.165) is 43.9 Å². The number of hydrogen-bond acceptors (Lipinski definition) is 6. The average molecular weight is 809 g/mol. The summed E-state index contributed by atoms with van der Waals surface area (Å²) in [6.45, 7) is 8.03. The number of aliphatic hydroxyl groups is 1. The highest BCUT2D eigenvalue weighted by Gasteiger charge is 2.66. The van der Waals surface area contributed by atoms with Crippen molar-refractivity contribution in [1.82, 2.24) is 4.90 Å². The second kappa shape index (κ2) is 14.1. The van der Waals surface area contributed by atoms with Gasteiger partial charge >= 0.3 is 0 Å². The number of aliphatic hydroxyl groups excluding tert-OH is 1. The molecule has 5 atom stereocenters. The Bertz CT molecular complexity index is 2130. The van der Waals surface area contributed by atoms with Crippen molar-refractivity contribution in [2.24, 2.45) is 5.92 Å². The summed E-state index contributed by atoms with van der Waals surface area (Å²) in [6.07, 6.45) is 0.651. The summed E-state index contributed by atoms with van der Waals surface area (Å²) >= 11 is 3.70. The molecule has 8 rings (SSSR count). The van der Waals surface area contributed by atoms with Gasteiger partial charge in [-0.3, -0.25) is 14.4 Å². The van der Waals surface area contributed by atoms with Crippen molar-refractivity contribution in [1.29, 1.82) is 0 Å². The summed E-state index contributed by atoms with van der Waals surface area (Å²) in [7, 11) is -0.852. The van der Waals surface area contributed by atoms with Crippen LogP contribution in [-0.4, -0.2) is 68.2 Å². The summed E-state index contributed by atoms with van der Waals surface area (Å²) in [5, 5.41) is 11.7. The molecule has 2 fully saturated rings. The number of ether oxygens (including phenoxy) is 2. The molecular formula is C43H46BrN3O6Si. The van der Waals surface area contributed by atoms with Gasteiger partial charge in [-0.2, -0.15) is 0 Å². The van der Waals surface area contributed by atoms with E-state index in [9.17, 15) is 14.7 Å². The van der Waals surface area contributed by atoms with E-state index in [1.807, 2.05) is 82.6 Å². The van der Waals surface area contributed by atoms with Gasteiger partial charge in [-0.15, -0.1) is 0 Å². The molecule has 3 amide bonds. The third-order valence-electron chi connectivity index (χ3n) is 12.5. The molecule has 0 unspecified atom stereocenters. The van der Waals surface area contributed by atoms with Crippen molar-refractivity contribution in [3.8, 4) is 5.75 Å². The Kier molecular flexibility index (Phi) is 9.57. The molecule has 280 valence electrons. The first-order valence-corrected chi connectivity index (χ1v) is 22.6. The average Bonchev–Trinajstić information content (AvgIpc) is 3.59. The molecule has 11 heteroatoms. The lowest BCUT2D eigenvalue weighted by Crippen LogP contribution is -2.52. The van der Waals surface area contributed by atoms with Crippen LogP contribution in [-0.2, 0) is 44.2 Å². The predicted octanol–water partition coefficient (Wildman–Crippen LogP) is 6.29. The van der Waals surface area contributed by atoms with Gasteiger partial charge in [-0.25, -0.2) is 0 Å². The number of carbonyl (C=O) groups excluding carboxylic acids is 3. The summed E-state index contributed by atoms with van der Waals surface area (Å²) in [5.41, 5.74) is 4.09. The van der Waals surface area contributed by atoms with Gasteiger partial charge < -0.3 is 29.3 Å². The van der Waals surface area contributed by atoms with Crippen LogP contribution >= 0.6 is 15.9 Å². The number of benzene rings is 4. The van der Waals surface area contributed by atoms with Crippen LogP contribution in [0.1, 0.15) is 42.0 Å². The lowest BCUT2D eigenvalue weighted by molar-refractivity contribution is -0.151. The fourth-order valence-electron chi connectivity index (χ4n) is 9.57. The molecule has 4 heterocycles. The topological polar surface area (TPSA) is 99.6 Å². The second-order valence-corrected chi connectivity index (χ2v) is 21.3. The lowest BCUT2D eigenvalue weighted by atomic mass is 9.82. The standard InChI is InChI=1S/C43H46BrN3O6Si/c1-27-41(54(3,4)35-15-13-34(52-2)14-16-35)38(23-40(50)46-25-30-10-6-5-9-29(30)21-33(46)26-48)53-43(27)36-22-31(44)12-17-37(36)47(42(43)51)24-28-8-7-11-32(20-28)45-19-18-39(45)49/h5-17,20,22,27,33,38,41,48H,18-19,21,23-26H2,1-4H3/t27-,33-,38+,41-,43+/m0/s1. The monoisotopic (exact) mass is 807 g/mol. The van der Waals surface area contributed by atoms with Gasteiger partial charge in [0.25, 0.3) is 5.91 Å². The molecule has 0 aliphatic carbocycles. The van der Waals surface area contributed by atoms with Crippen molar-refractivity contribution in [2.45, 2.75) is 75.7 Å². The Labute approximate surface area is 326 Å². The number of rotatable bonds is 9. The number of halogens is 1. The van der Waals surface area contributed by atoms with Gasteiger partial charge in [-0.1, -0.05) is 89.7 Å². The van der Waals surface area contributed by atoms with E-state index >= 15 is 4.79 Å². The smallest absolute Gasteiger partial charge is 0.264 e. The zero-order valence-electron chi connectivity index (χ0n) is 31.1. The second-order valence-electron chi connectivity index (χ2n) is 15.7. The van der Waals surface area contributed by atoms with E-state index in [0.29, 0.717) is 32.5 Å². The van der Waals surface area contributed by atoms with Gasteiger partial charge in [0, 0.05) is 41.2 Å². The van der Waals surface area contributed by atoms with Gasteiger partial charge in [0.15, 0.2) is 5.60 Å². The number of fused-ring (bicyclic) bond motifs is 3. The molecule has 4 aliphatic rings. The maximum absolute atomic E-state index is 15.3. The van der Waals surface area contributed by atoms with E-state index < -0.39 is 19.8 Å². The fourth-order valence-corrected chi connectivity index (χ4v) is 13.9. The largest absolute Gasteiger partial charge is 0.497 e. The highest BCUT2D eigenvalue weighted by Crippen LogP contribution is 2.60. The number of amides is 3. The van der Waals surface area contributed by atoms with Crippen LogP contribution in [0.3, 0.4) is 0 Å². The highest BCUT2D eigenvalue weighted by atomic mass is 79.9. The maximum Gasteiger partial charge on any atom is 0.264 e. The van der Waals surface area contributed by atoms with Crippen LogP contribution in [0.15, 0.2) is 95.5 Å². The van der Waals surface area contributed by atoms with Crippen molar-refractivity contribution >= 4 is 58.3 Å². The fraction of sp³-hybridized carbons (Fsp3) is 0.372. The van der Waals surface area contributed by atoms with Gasteiger partial charge in [0.05, 0.1) is 52.6 Å². The number of nitrogens with zero attached hydrogens (tertiary/aromatic N) is 3. The Morgan fingerprint density at radius 3 is 2.44 bits per heavy atom. The SMILES string of the molecule is COc1ccc([Si](C)(C)[C@@H]2[C@@H](CC(=O)N3Cc4ccccc4C[C@H]3CO)O[C@]3(C(=O)N(Cc4cccc(N5CCC5=O)c4)c4ccc(Br)cc43)[C@H]2C)cc1. The van der Waals surface area contributed by atoms with Crippen LogP contribution in [0, 0.1) is 5.92 Å². The van der Waals surface area contributed by atoms with Crippen molar-refractivity contribution < 1.29 is 29.0 Å². The van der Waals surface area contributed by atoms with Crippen LogP contribution in [0.4, 0.5) is 11.4 Å². The van der Waals surface area contributed by atoms with Gasteiger partial charge in [0.2, 0.25) is 11.8 Å². The van der Waals surface area contributed by atoms with Crippen LogP contribution in [0.2, 0.25) is 18.6 Å². The van der Waals surface area contributed by atoms with E-state index in [4.69, 9.17) is 9.47 Å². The molecule has 0 aromatic heterocycles. The number of carbonyl (C=O) groups is 3. The van der Waals surface area contributed by atoms with E-state index in [1.54, 1.807) is 12.0 Å². The minimum absolute atomic E-state index is 0.0866. The van der Waals surface area contributed by atoms with Crippen LogP contribution in [0.5, 0.6) is 5.75 Å². The van der Waals surface area contributed by atoms with Crippen LogP contribution < -0.4 is 19.7 Å². The first kappa shape index (κ1) is 36.7. The molecular weight excluding hydrogens is 762 g/mol. The summed E-state index contributed by atoms with van der Waals surface area (Å²) in [6, 6.07) is 29.7. The minimum Gasteiger partial charge on any atom is -0.497 e. The molecule has 0 bridgehead atoms. The third kappa shape index (κ3) is 6.00.